The summed E-state index contributed by atoms with van der Waals surface area (Å²) >= 11 is 0. The number of hydrogen-bond donors (Lipinski definition) is 3. The summed E-state index contributed by atoms with van der Waals surface area (Å²) in [4.78, 5) is 16.8. The van der Waals surface area contributed by atoms with Gasteiger partial charge in [-0.25, -0.2) is 4.79 Å². The normalized spacial score (nSPS) is 11.2. The lowest BCUT2D eigenvalue weighted by atomic mass is 10.1. The van der Waals surface area contributed by atoms with Crippen molar-refractivity contribution >= 4 is 11.7 Å². The molecule has 0 saturated heterocycles. The third-order valence-corrected chi connectivity index (χ3v) is 3.42. The Labute approximate surface area is 144 Å². The molecular formula is C18H19NO6. The second kappa shape index (κ2) is 8.05. The number of phenolic OH excluding ortho intramolecular Hbond substituents is 3. The van der Waals surface area contributed by atoms with Gasteiger partial charge in [-0.1, -0.05) is 17.3 Å². The van der Waals surface area contributed by atoms with Crippen LogP contribution in [0.15, 0.2) is 41.6 Å². The molecule has 3 N–H and O–H groups in total. The molecule has 0 heterocycles. The Morgan fingerprint density at radius 3 is 2.36 bits per heavy atom. The van der Waals surface area contributed by atoms with Crippen molar-refractivity contribution in [2.24, 2.45) is 5.16 Å². The predicted octanol–water partition coefficient (Wildman–Crippen LogP) is 2.92. The van der Waals surface area contributed by atoms with Gasteiger partial charge >= 0.3 is 5.97 Å². The van der Waals surface area contributed by atoms with Crippen molar-refractivity contribution in [1.82, 2.24) is 0 Å². The first-order valence-corrected chi connectivity index (χ1v) is 7.61. The second-order valence-electron chi connectivity index (χ2n) is 5.20. The summed E-state index contributed by atoms with van der Waals surface area (Å²) in [6.45, 7) is 3.81. The molecule has 0 radical (unpaired) electrons. The van der Waals surface area contributed by atoms with Crippen molar-refractivity contribution in [3.05, 3.63) is 53.1 Å². The smallest absolute Gasteiger partial charge is 0.338 e. The maximum atomic E-state index is 11.6. The zero-order valence-corrected chi connectivity index (χ0v) is 13.9. The fourth-order valence-electron chi connectivity index (χ4n) is 2.07. The van der Waals surface area contributed by atoms with Crippen LogP contribution in [-0.2, 0) is 16.2 Å². The first-order chi connectivity index (χ1) is 11.9. The molecule has 132 valence electrons. The van der Waals surface area contributed by atoms with E-state index in [2.05, 4.69) is 5.16 Å². The minimum Gasteiger partial charge on any atom is -0.504 e. The van der Waals surface area contributed by atoms with E-state index in [-0.39, 0.29) is 18.1 Å². The van der Waals surface area contributed by atoms with Crippen molar-refractivity contribution in [2.45, 2.75) is 20.5 Å². The van der Waals surface area contributed by atoms with E-state index in [0.717, 1.165) is 5.56 Å². The first-order valence-electron chi connectivity index (χ1n) is 7.61. The van der Waals surface area contributed by atoms with Gasteiger partial charge in [0.15, 0.2) is 11.5 Å². The maximum Gasteiger partial charge on any atom is 0.338 e. The Bertz CT molecular complexity index is 783. The fourth-order valence-corrected chi connectivity index (χ4v) is 2.07. The topological polar surface area (TPSA) is 109 Å². The van der Waals surface area contributed by atoms with Crippen LogP contribution in [0, 0.1) is 0 Å². The minimum absolute atomic E-state index is 0.158. The molecule has 0 spiro atoms. The van der Waals surface area contributed by atoms with E-state index in [9.17, 15) is 20.1 Å². The standard InChI is InChI=1S/C18H19NO6/c1-3-24-18(23)13-6-4-12(5-7-13)10-25-19-11(2)14-8-9-15(20)17(22)16(14)21/h4-9,20-22H,3,10H2,1-2H3/b19-11+. The van der Waals surface area contributed by atoms with E-state index in [1.165, 1.54) is 12.1 Å². The van der Waals surface area contributed by atoms with Gasteiger partial charge in [-0.3, -0.25) is 0 Å². The number of phenols is 3. The summed E-state index contributed by atoms with van der Waals surface area (Å²) in [5.41, 5.74) is 1.82. The molecule has 2 aromatic carbocycles. The highest BCUT2D eigenvalue weighted by molar-refractivity contribution is 6.01. The van der Waals surface area contributed by atoms with Gasteiger partial charge in [-0.05, 0) is 43.7 Å². The van der Waals surface area contributed by atoms with Crippen LogP contribution < -0.4 is 0 Å². The molecular weight excluding hydrogens is 326 g/mol. The molecule has 7 nitrogen and oxygen atoms in total. The molecule has 7 heteroatoms. The Morgan fingerprint density at radius 1 is 1.04 bits per heavy atom. The van der Waals surface area contributed by atoms with Crippen LogP contribution in [-0.4, -0.2) is 33.6 Å². The number of nitrogens with zero attached hydrogens (tertiary/aromatic N) is 1. The Balaban J connectivity index is 2.01. The van der Waals surface area contributed by atoms with E-state index < -0.39 is 17.2 Å². The van der Waals surface area contributed by atoms with Gasteiger partial charge in [-0.2, -0.15) is 0 Å². The maximum absolute atomic E-state index is 11.6. The summed E-state index contributed by atoms with van der Waals surface area (Å²) in [5.74, 6) is -1.88. The number of ether oxygens (including phenoxy) is 1. The van der Waals surface area contributed by atoms with Crippen LogP contribution in [0.5, 0.6) is 17.2 Å². The zero-order chi connectivity index (χ0) is 18.4. The Morgan fingerprint density at radius 2 is 1.72 bits per heavy atom. The van der Waals surface area contributed by atoms with Gasteiger partial charge in [0.2, 0.25) is 5.75 Å². The third kappa shape index (κ3) is 4.41. The van der Waals surface area contributed by atoms with Crippen LogP contribution in [0.1, 0.15) is 35.3 Å². The van der Waals surface area contributed by atoms with Crippen molar-refractivity contribution in [1.29, 1.82) is 0 Å². The molecule has 2 aromatic rings. The predicted molar refractivity (Wildman–Crippen MR) is 90.8 cm³/mol. The molecule has 0 aliphatic heterocycles. The molecule has 0 atom stereocenters. The number of carbonyl (C=O) groups excluding carboxylic acids is 1. The zero-order valence-electron chi connectivity index (χ0n) is 13.9. The minimum atomic E-state index is -0.610. The summed E-state index contributed by atoms with van der Waals surface area (Å²) in [6.07, 6.45) is 0. The largest absolute Gasteiger partial charge is 0.504 e. The van der Waals surface area contributed by atoms with Gasteiger partial charge in [0, 0.05) is 5.56 Å². The molecule has 0 aromatic heterocycles. The molecule has 0 aliphatic carbocycles. The number of rotatable bonds is 6. The van der Waals surface area contributed by atoms with E-state index in [0.29, 0.717) is 17.9 Å². The lowest BCUT2D eigenvalue weighted by molar-refractivity contribution is 0.0526. The van der Waals surface area contributed by atoms with Crippen molar-refractivity contribution < 1.29 is 29.7 Å². The summed E-state index contributed by atoms with van der Waals surface area (Å²) in [5, 5.41) is 32.5. The van der Waals surface area contributed by atoms with Crippen LogP contribution in [0.4, 0.5) is 0 Å². The Kier molecular flexibility index (Phi) is 5.84. The van der Waals surface area contributed by atoms with Gasteiger partial charge in [0.05, 0.1) is 17.9 Å². The number of oxime groups is 1. The van der Waals surface area contributed by atoms with Crippen molar-refractivity contribution in [2.75, 3.05) is 6.61 Å². The monoisotopic (exact) mass is 345 g/mol. The Hall–Kier alpha value is -3.22. The van der Waals surface area contributed by atoms with Crippen LogP contribution in [0.3, 0.4) is 0 Å². The summed E-state index contributed by atoms with van der Waals surface area (Å²) in [7, 11) is 0. The molecule has 0 fully saturated rings. The second-order valence-corrected chi connectivity index (χ2v) is 5.20. The van der Waals surface area contributed by atoms with Gasteiger partial charge in [0.1, 0.15) is 6.61 Å². The number of benzene rings is 2. The average molecular weight is 345 g/mol. The molecule has 2 rings (SSSR count). The van der Waals surface area contributed by atoms with Crippen molar-refractivity contribution in [3.8, 4) is 17.2 Å². The SMILES string of the molecule is CCOC(=O)c1ccc(CO/N=C(\C)c2ccc(O)c(O)c2O)cc1. The van der Waals surface area contributed by atoms with Crippen LogP contribution >= 0.6 is 0 Å². The molecule has 25 heavy (non-hydrogen) atoms. The highest BCUT2D eigenvalue weighted by Crippen LogP contribution is 2.37. The summed E-state index contributed by atoms with van der Waals surface area (Å²) in [6, 6.07) is 9.38. The van der Waals surface area contributed by atoms with Gasteiger partial charge in [0.25, 0.3) is 0 Å². The van der Waals surface area contributed by atoms with Gasteiger partial charge in [-0.15, -0.1) is 0 Å². The number of carbonyl (C=O) groups is 1. The van der Waals surface area contributed by atoms with E-state index >= 15 is 0 Å². The van der Waals surface area contributed by atoms with E-state index in [1.807, 2.05) is 0 Å². The highest BCUT2D eigenvalue weighted by Gasteiger charge is 2.13. The molecule has 0 bridgehead atoms. The van der Waals surface area contributed by atoms with Gasteiger partial charge < -0.3 is 24.9 Å². The van der Waals surface area contributed by atoms with E-state index in [1.54, 1.807) is 38.1 Å². The number of hydrogen-bond acceptors (Lipinski definition) is 7. The third-order valence-electron chi connectivity index (χ3n) is 3.42. The molecule has 0 saturated carbocycles. The molecule has 0 amide bonds. The lowest BCUT2D eigenvalue weighted by Crippen LogP contribution is -2.04. The van der Waals surface area contributed by atoms with E-state index in [4.69, 9.17) is 9.57 Å². The van der Waals surface area contributed by atoms with Crippen LogP contribution in [0.2, 0.25) is 0 Å². The fraction of sp³-hybridized carbons (Fsp3) is 0.222. The number of esters is 1. The summed E-state index contributed by atoms with van der Waals surface area (Å²) < 4.78 is 4.90. The molecule has 0 unspecified atom stereocenters. The highest BCUT2D eigenvalue weighted by atomic mass is 16.6. The first kappa shape index (κ1) is 18.1. The van der Waals surface area contributed by atoms with Crippen molar-refractivity contribution in [3.63, 3.8) is 0 Å². The quantitative estimate of drug-likeness (QED) is 0.321. The lowest BCUT2D eigenvalue weighted by Gasteiger charge is -2.07. The average Bonchev–Trinajstić information content (AvgIpc) is 2.60. The number of aromatic hydroxyl groups is 3. The van der Waals surface area contributed by atoms with Crippen LogP contribution in [0.25, 0.3) is 0 Å². The molecule has 0 aliphatic rings.